The van der Waals surface area contributed by atoms with Crippen LogP contribution in [0.25, 0.3) is 21.9 Å². The van der Waals surface area contributed by atoms with Gasteiger partial charge in [-0.15, -0.1) is 0 Å². The van der Waals surface area contributed by atoms with E-state index >= 15 is 8.78 Å². The van der Waals surface area contributed by atoms with Gasteiger partial charge in [0.15, 0.2) is 0 Å². The lowest BCUT2D eigenvalue weighted by atomic mass is 10.1. The Kier molecular flexibility index (Phi) is 4.52. The van der Waals surface area contributed by atoms with E-state index in [4.69, 9.17) is 16.1 Å². The molecule has 3 aromatic heterocycles. The Morgan fingerprint density at radius 3 is 2.80 bits per heavy atom. The monoisotopic (exact) mass is 431 g/mol. The van der Waals surface area contributed by atoms with E-state index in [-0.39, 0.29) is 19.5 Å². The molecule has 5 rings (SSSR count). The Morgan fingerprint density at radius 1 is 1.27 bits per heavy atom. The average molecular weight is 432 g/mol. The van der Waals surface area contributed by atoms with Crippen molar-refractivity contribution in [3.63, 3.8) is 0 Å². The van der Waals surface area contributed by atoms with Crippen LogP contribution in [0.2, 0.25) is 5.02 Å². The van der Waals surface area contributed by atoms with Crippen LogP contribution < -0.4 is 0 Å². The number of nitrogens with zero attached hydrogens (tertiary/aromatic N) is 5. The average Bonchev–Trinajstić information content (AvgIpc) is 3.36. The molecule has 1 unspecified atom stereocenters. The lowest BCUT2D eigenvalue weighted by Gasteiger charge is -2.22. The smallest absolute Gasteiger partial charge is 0.282 e. The summed E-state index contributed by atoms with van der Waals surface area (Å²) in [4.78, 5) is 10.8. The maximum atomic E-state index is 15.0. The lowest BCUT2D eigenvalue weighted by Crippen LogP contribution is -2.30. The fourth-order valence-electron chi connectivity index (χ4n) is 4.25. The van der Waals surface area contributed by atoms with Crippen LogP contribution in [0.1, 0.15) is 30.2 Å². The first-order valence-corrected chi connectivity index (χ1v) is 10.2. The van der Waals surface area contributed by atoms with Gasteiger partial charge in [0.1, 0.15) is 23.1 Å². The molecule has 0 aliphatic carbocycles. The molecule has 0 amide bonds. The zero-order valence-corrected chi connectivity index (χ0v) is 17.3. The fourth-order valence-corrected chi connectivity index (χ4v) is 4.43. The van der Waals surface area contributed by atoms with Gasteiger partial charge in [-0.05, 0) is 25.2 Å². The molecule has 0 radical (unpaired) electrons. The molecule has 0 N–H and O–H groups in total. The molecular weight excluding hydrogens is 412 g/mol. The van der Waals surface area contributed by atoms with E-state index in [0.29, 0.717) is 44.9 Å². The highest BCUT2D eigenvalue weighted by Gasteiger charge is 2.49. The van der Waals surface area contributed by atoms with Crippen LogP contribution in [0.15, 0.2) is 35.0 Å². The van der Waals surface area contributed by atoms with Crippen LogP contribution in [-0.2, 0) is 12.8 Å². The largest absolute Gasteiger partial charge is 0.361 e. The molecule has 30 heavy (non-hydrogen) atoms. The Balaban J connectivity index is 1.76. The number of aryl methyl sites for hydroxylation is 1. The van der Waals surface area contributed by atoms with Crippen LogP contribution in [0, 0.1) is 0 Å². The second-order valence-corrected chi connectivity index (χ2v) is 8.28. The number of imidazole rings is 1. The molecule has 1 aliphatic rings. The lowest BCUT2D eigenvalue weighted by molar-refractivity contribution is -0.0200. The van der Waals surface area contributed by atoms with E-state index in [1.807, 2.05) is 13.0 Å². The highest BCUT2D eigenvalue weighted by atomic mass is 35.5. The van der Waals surface area contributed by atoms with Gasteiger partial charge in [0.2, 0.25) is 0 Å². The van der Waals surface area contributed by atoms with Gasteiger partial charge in [-0.3, -0.25) is 9.88 Å². The van der Waals surface area contributed by atoms with Crippen molar-refractivity contribution >= 4 is 33.5 Å². The molecular formula is C21H20ClF2N5O. The topological polar surface area (TPSA) is 60.0 Å². The van der Waals surface area contributed by atoms with Gasteiger partial charge in [-0.2, -0.15) is 0 Å². The van der Waals surface area contributed by atoms with E-state index in [9.17, 15) is 0 Å². The van der Waals surface area contributed by atoms with Crippen molar-refractivity contribution in [1.29, 1.82) is 0 Å². The minimum absolute atomic E-state index is 0.217. The molecule has 1 aliphatic heterocycles. The second-order valence-electron chi connectivity index (χ2n) is 7.84. The molecule has 0 spiro atoms. The Morgan fingerprint density at radius 2 is 2.10 bits per heavy atom. The SMILES string of the molecule is CCc1cc(Cc2nc3cnc4ccc(Cl)cc4c3n2C2CN(C)CC2(F)F)no1. The van der Waals surface area contributed by atoms with Gasteiger partial charge < -0.3 is 9.09 Å². The molecule has 156 valence electrons. The number of fused-ring (bicyclic) bond motifs is 3. The second kappa shape index (κ2) is 6.99. The number of pyridine rings is 1. The first-order valence-electron chi connectivity index (χ1n) is 9.81. The number of likely N-dealkylation sites (tertiary alicyclic amines) is 1. The van der Waals surface area contributed by atoms with Crippen molar-refractivity contribution in [3.05, 3.63) is 52.8 Å². The van der Waals surface area contributed by atoms with Crippen LogP contribution >= 0.6 is 11.6 Å². The summed E-state index contributed by atoms with van der Waals surface area (Å²) in [6.07, 6.45) is 2.63. The molecule has 4 aromatic rings. The van der Waals surface area contributed by atoms with Crippen LogP contribution in [0.3, 0.4) is 0 Å². The Labute approximate surface area is 176 Å². The van der Waals surface area contributed by atoms with Gasteiger partial charge in [0, 0.05) is 29.4 Å². The fraction of sp³-hybridized carbons (Fsp3) is 0.381. The van der Waals surface area contributed by atoms with Gasteiger partial charge in [-0.1, -0.05) is 23.7 Å². The van der Waals surface area contributed by atoms with Crippen molar-refractivity contribution < 1.29 is 13.3 Å². The van der Waals surface area contributed by atoms with Crippen LogP contribution in [0.5, 0.6) is 0 Å². The zero-order valence-electron chi connectivity index (χ0n) is 16.6. The number of aromatic nitrogens is 4. The van der Waals surface area contributed by atoms with E-state index in [0.717, 1.165) is 5.76 Å². The molecule has 1 fully saturated rings. The maximum Gasteiger partial charge on any atom is 0.282 e. The van der Waals surface area contributed by atoms with Crippen LogP contribution in [0.4, 0.5) is 8.78 Å². The number of hydrogen-bond acceptors (Lipinski definition) is 5. The normalized spacial score (nSPS) is 19.3. The predicted molar refractivity (Wildman–Crippen MR) is 110 cm³/mol. The summed E-state index contributed by atoms with van der Waals surface area (Å²) in [7, 11) is 1.70. The molecule has 4 heterocycles. The van der Waals surface area contributed by atoms with Crippen molar-refractivity contribution in [1.82, 2.24) is 24.6 Å². The summed E-state index contributed by atoms with van der Waals surface area (Å²) in [5, 5.41) is 5.31. The molecule has 1 saturated heterocycles. The highest BCUT2D eigenvalue weighted by molar-refractivity contribution is 6.31. The number of hydrogen-bond donors (Lipinski definition) is 0. The zero-order chi connectivity index (χ0) is 21.0. The third-order valence-electron chi connectivity index (χ3n) is 5.61. The quantitative estimate of drug-likeness (QED) is 0.476. The maximum absolute atomic E-state index is 15.0. The highest BCUT2D eigenvalue weighted by Crippen LogP contribution is 2.40. The molecule has 0 saturated carbocycles. The summed E-state index contributed by atoms with van der Waals surface area (Å²) in [5.41, 5.74) is 2.53. The standard InChI is InChI=1S/C21H20ClF2N5O/c1-3-14-7-13(27-30-14)8-19-26-17-9-25-16-5-4-12(22)6-15(16)20(17)29(19)18-10-28(2)11-21(18,23)24/h4-7,9,18H,3,8,10-11H2,1-2H3. The summed E-state index contributed by atoms with van der Waals surface area (Å²) in [6.45, 7) is 1.88. The summed E-state index contributed by atoms with van der Waals surface area (Å²) in [5.74, 6) is -1.64. The van der Waals surface area contributed by atoms with Crippen molar-refractivity contribution in [3.8, 4) is 0 Å². The van der Waals surface area contributed by atoms with Crippen LogP contribution in [-0.4, -0.2) is 50.7 Å². The summed E-state index contributed by atoms with van der Waals surface area (Å²) < 4.78 is 37.0. The van der Waals surface area contributed by atoms with Gasteiger partial charge in [0.25, 0.3) is 5.92 Å². The molecule has 9 heteroatoms. The van der Waals surface area contributed by atoms with Crippen molar-refractivity contribution in [2.75, 3.05) is 20.1 Å². The third kappa shape index (κ3) is 3.15. The molecule has 6 nitrogen and oxygen atoms in total. The Bertz CT molecular complexity index is 1250. The number of benzene rings is 1. The van der Waals surface area contributed by atoms with Gasteiger partial charge >= 0.3 is 0 Å². The van der Waals surface area contributed by atoms with Gasteiger partial charge in [-0.25, -0.2) is 13.8 Å². The molecule has 0 bridgehead atoms. The number of halogens is 3. The van der Waals surface area contributed by atoms with Gasteiger partial charge in [0.05, 0.1) is 35.9 Å². The number of rotatable bonds is 4. The summed E-state index contributed by atoms with van der Waals surface area (Å²) >= 11 is 6.23. The van der Waals surface area contributed by atoms with Crippen molar-refractivity contribution in [2.45, 2.75) is 31.7 Å². The minimum Gasteiger partial charge on any atom is -0.361 e. The third-order valence-corrected chi connectivity index (χ3v) is 5.85. The predicted octanol–water partition coefficient (Wildman–Crippen LogP) is 4.50. The van der Waals surface area contributed by atoms with E-state index in [1.165, 1.54) is 0 Å². The Hall–Kier alpha value is -2.58. The number of alkyl halides is 2. The van der Waals surface area contributed by atoms with E-state index in [1.54, 1.807) is 40.9 Å². The summed E-state index contributed by atoms with van der Waals surface area (Å²) in [6, 6.07) is 6.08. The van der Waals surface area contributed by atoms with E-state index < -0.39 is 12.0 Å². The first kappa shape index (κ1) is 19.4. The number of likely N-dealkylation sites (N-methyl/N-ethyl adjacent to an activating group) is 1. The molecule has 1 aromatic carbocycles. The minimum atomic E-state index is -2.90. The van der Waals surface area contributed by atoms with Crippen molar-refractivity contribution in [2.24, 2.45) is 0 Å². The molecule has 1 atom stereocenters. The first-order chi connectivity index (χ1) is 14.4. The van der Waals surface area contributed by atoms with E-state index in [2.05, 4.69) is 15.1 Å².